The van der Waals surface area contributed by atoms with Gasteiger partial charge < -0.3 is 9.64 Å². The number of aromatic nitrogens is 2. The molecule has 1 saturated heterocycles. The summed E-state index contributed by atoms with van der Waals surface area (Å²) in [5.74, 6) is 1.60. The maximum absolute atomic E-state index is 9.09. The lowest BCUT2D eigenvalue weighted by molar-refractivity contribution is 0.172. The Labute approximate surface area is 148 Å². The van der Waals surface area contributed by atoms with Crippen LogP contribution in [0.3, 0.4) is 0 Å². The summed E-state index contributed by atoms with van der Waals surface area (Å²) in [6.45, 7) is 3.56. The number of benzene rings is 1. The van der Waals surface area contributed by atoms with Crippen LogP contribution in [-0.2, 0) is 0 Å². The van der Waals surface area contributed by atoms with Gasteiger partial charge in [0.25, 0.3) is 0 Å². The highest BCUT2D eigenvalue weighted by molar-refractivity contribution is 5.42. The molecule has 130 valence electrons. The number of nitrogens with zero attached hydrogens (tertiary/aromatic N) is 5. The maximum Gasteiger partial charge on any atom is 0.151 e. The Morgan fingerprint density at radius 2 is 2.04 bits per heavy atom. The molecule has 0 saturated carbocycles. The number of piperidine rings is 1. The fourth-order valence-corrected chi connectivity index (χ4v) is 3.17. The van der Waals surface area contributed by atoms with E-state index < -0.39 is 0 Å². The highest BCUT2D eigenvalue weighted by Gasteiger charge is 2.23. The monoisotopic (exact) mass is 337 g/mol. The van der Waals surface area contributed by atoms with Gasteiger partial charge in [-0.1, -0.05) is 12.1 Å². The first-order chi connectivity index (χ1) is 12.3. The summed E-state index contributed by atoms with van der Waals surface area (Å²) in [6, 6.07) is 13.9. The van der Waals surface area contributed by atoms with Crippen molar-refractivity contribution < 1.29 is 4.74 Å². The minimum absolute atomic E-state index is 0.494. The molecule has 25 heavy (non-hydrogen) atoms. The van der Waals surface area contributed by atoms with Crippen LogP contribution in [0, 0.1) is 11.3 Å². The Kier molecular flexibility index (Phi) is 5.81. The zero-order valence-electron chi connectivity index (χ0n) is 14.5. The summed E-state index contributed by atoms with van der Waals surface area (Å²) in [5, 5.41) is 17.2. The molecule has 0 amide bonds. The first-order valence-corrected chi connectivity index (χ1v) is 8.63. The van der Waals surface area contributed by atoms with Gasteiger partial charge in [-0.15, -0.1) is 5.10 Å². The Hall–Kier alpha value is -2.65. The van der Waals surface area contributed by atoms with E-state index in [1.165, 1.54) is 0 Å². The molecule has 1 aliphatic rings. The van der Waals surface area contributed by atoms with Crippen molar-refractivity contribution in [1.29, 1.82) is 5.26 Å². The summed E-state index contributed by atoms with van der Waals surface area (Å²) in [4.78, 5) is 4.64. The van der Waals surface area contributed by atoms with Gasteiger partial charge in [0.15, 0.2) is 5.82 Å². The van der Waals surface area contributed by atoms with Crippen LogP contribution in [0.15, 0.2) is 42.6 Å². The van der Waals surface area contributed by atoms with E-state index in [4.69, 9.17) is 10.00 Å². The molecule has 6 heteroatoms. The molecule has 2 aromatic rings. The number of rotatable bonds is 6. The molecule has 0 atom stereocenters. The minimum Gasteiger partial charge on any atom is -0.491 e. The van der Waals surface area contributed by atoms with Gasteiger partial charge in [-0.3, -0.25) is 4.90 Å². The highest BCUT2D eigenvalue weighted by atomic mass is 16.5. The van der Waals surface area contributed by atoms with Gasteiger partial charge in [0.1, 0.15) is 18.4 Å². The van der Waals surface area contributed by atoms with Crippen LogP contribution in [0.2, 0.25) is 0 Å². The van der Waals surface area contributed by atoms with Gasteiger partial charge in [0.05, 0.1) is 5.56 Å². The average Bonchev–Trinajstić information content (AvgIpc) is 2.69. The van der Waals surface area contributed by atoms with Crippen LogP contribution < -0.4 is 9.64 Å². The topological polar surface area (TPSA) is 65.3 Å². The summed E-state index contributed by atoms with van der Waals surface area (Å²) in [5.41, 5.74) is 0.590. The second-order valence-electron chi connectivity index (χ2n) is 6.22. The molecule has 0 aliphatic carbocycles. The van der Waals surface area contributed by atoms with Crippen molar-refractivity contribution in [2.45, 2.75) is 18.9 Å². The number of anilines is 1. The normalized spacial score (nSPS) is 15.5. The fraction of sp³-hybridized carbons (Fsp3) is 0.421. The Balaban J connectivity index is 1.43. The van der Waals surface area contributed by atoms with E-state index in [1.807, 2.05) is 30.3 Å². The van der Waals surface area contributed by atoms with E-state index in [0.29, 0.717) is 24.0 Å². The molecule has 0 radical (unpaired) electrons. The summed E-state index contributed by atoms with van der Waals surface area (Å²) in [6.07, 6.45) is 3.90. The SMILES string of the molecule is CN(c1cccnn1)C1CCN(CCOc2ccccc2C#N)CC1. The van der Waals surface area contributed by atoms with Crippen LogP contribution in [0.5, 0.6) is 5.75 Å². The van der Waals surface area contributed by atoms with Crippen molar-refractivity contribution in [2.24, 2.45) is 0 Å². The van der Waals surface area contributed by atoms with Crippen LogP contribution in [-0.4, -0.2) is 54.4 Å². The predicted molar refractivity (Wildman–Crippen MR) is 96.5 cm³/mol. The summed E-state index contributed by atoms with van der Waals surface area (Å²) in [7, 11) is 2.09. The number of likely N-dealkylation sites (tertiary alicyclic amines) is 1. The first kappa shape index (κ1) is 17.2. The number of hydrogen-bond acceptors (Lipinski definition) is 6. The molecule has 0 spiro atoms. The summed E-state index contributed by atoms with van der Waals surface area (Å²) >= 11 is 0. The molecule has 0 unspecified atom stereocenters. The second-order valence-corrected chi connectivity index (χ2v) is 6.22. The van der Waals surface area contributed by atoms with Gasteiger partial charge in [0, 0.05) is 38.9 Å². The lowest BCUT2D eigenvalue weighted by Gasteiger charge is -2.37. The Bertz CT molecular complexity index is 707. The van der Waals surface area contributed by atoms with E-state index >= 15 is 0 Å². The van der Waals surface area contributed by atoms with Gasteiger partial charge in [-0.2, -0.15) is 10.4 Å². The van der Waals surface area contributed by atoms with E-state index in [2.05, 4.69) is 33.1 Å². The Morgan fingerprint density at radius 3 is 2.76 bits per heavy atom. The second kappa shape index (κ2) is 8.45. The number of hydrogen-bond donors (Lipinski definition) is 0. The molecule has 1 fully saturated rings. The molecule has 0 N–H and O–H groups in total. The van der Waals surface area contributed by atoms with Gasteiger partial charge in [0.2, 0.25) is 0 Å². The zero-order valence-corrected chi connectivity index (χ0v) is 14.5. The molecular formula is C19H23N5O. The van der Waals surface area contributed by atoms with Crippen LogP contribution in [0.4, 0.5) is 5.82 Å². The Morgan fingerprint density at radius 1 is 1.24 bits per heavy atom. The van der Waals surface area contributed by atoms with E-state index in [0.717, 1.165) is 38.3 Å². The lowest BCUT2D eigenvalue weighted by atomic mass is 10.0. The highest BCUT2D eigenvalue weighted by Crippen LogP contribution is 2.20. The third-order valence-electron chi connectivity index (χ3n) is 4.70. The third kappa shape index (κ3) is 4.46. The number of para-hydroxylation sites is 1. The first-order valence-electron chi connectivity index (χ1n) is 8.63. The average molecular weight is 337 g/mol. The van der Waals surface area contributed by atoms with E-state index in [-0.39, 0.29) is 0 Å². The van der Waals surface area contributed by atoms with Gasteiger partial charge in [-0.05, 0) is 37.1 Å². The maximum atomic E-state index is 9.09. The van der Waals surface area contributed by atoms with Gasteiger partial charge >= 0.3 is 0 Å². The largest absolute Gasteiger partial charge is 0.491 e. The molecule has 1 aliphatic heterocycles. The van der Waals surface area contributed by atoms with Gasteiger partial charge in [-0.25, -0.2) is 0 Å². The van der Waals surface area contributed by atoms with Crippen LogP contribution >= 0.6 is 0 Å². The van der Waals surface area contributed by atoms with Crippen molar-refractivity contribution in [1.82, 2.24) is 15.1 Å². The van der Waals surface area contributed by atoms with E-state index in [1.54, 1.807) is 12.3 Å². The molecule has 6 nitrogen and oxygen atoms in total. The fourth-order valence-electron chi connectivity index (χ4n) is 3.17. The van der Waals surface area contributed by atoms with Crippen molar-refractivity contribution >= 4 is 5.82 Å². The van der Waals surface area contributed by atoms with Crippen LogP contribution in [0.1, 0.15) is 18.4 Å². The van der Waals surface area contributed by atoms with Crippen LogP contribution in [0.25, 0.3) is 0 Å². The smallest absolute Gasteiger partial charge is 0.151 e. The van der Waals surface area contributed by atoms with Crippen molar-refractivity contribution in [2.75, 3.05) is 38.2 Å². The molecular weight excluding hydrogens is 314 g/mol. The molecule has 1 aromatic heterocycles. The zero-order chi connectivity index (χ0) is 17.5. The van der Waals surface area contributed by atoms with Crippen molar-refractivity contribution in [3.63, 3.8) is 0 Å². The minimum atomic E-state index is 0.494. The standard InChI is InChI=1S/C19H23N5O/c1-23(19-7-4-10-21-22-19)17-8-11-24(12-9-17)13-14-25-18-6-3-2-5-16(18)15-20/h2-7,10,17H,8-9,11-14H2,1H3. The van der Waals surface area contributed by atoms with E-state index in [9.17, 15) is 0 Å². The molecule has 3 rings (SSSR count). The summed E-state index contributed by atoms with van der Waals surface area (Å²) < 4.78 is 5.78. The molecule has 1 aromatic carbocycles. The quantitative estimate of drug-likeness (QED) is 0.806. The predicted octanol–water partition coefficient (Wildman–Crippen LogP) is 2.33. The number of nitriles is 1. The molecule has 0 bridgehead atoms. The van der Waals surface area contributed by atoms with Crippen molar-refractivity contribution in [3.8, 4) is 11.8 Å². The van der Waals surface area contributed by atoms with Crippen molar-refractivity contribution in [3.05, 3.63) is 48.2 Å². The molecule has 2 heterocycles. The third-order valence-corrected chi connectivity index (χ3v) is 4.70. The number of ether oxygens (including phenoxy) is 1. The lowest BCUT2D eigenvalue weighted by Crippen LogP contribution is -2.44.